The topological polar surface area (TPSA) is 9.72 Å². The highest BCUT2D eigenvalue weighted by atomic mass is 15.2. The average molecular weight is 970 g/mol. The Labute approximate surface area is 444 Å². The Morgan fingerprint density at radius 3 is 1.77 bits per heavy atom. The van der Waals surface area contributed by atoms with Gasteiger partial charge in [0.2, 0.25) is 0 Å². The normalized spacial score (nSPS) is 14.0. The quantitative estimate of drug-likeness (QED) is 0.154. The van der Waals surface area contributed by atoms with Gasteiger partial charge in [0, 0.05) is 61.9 Å². The third-order valence-corrected chi connectivity index (χ3v) is 16.7. The summed E-state index contributed by atoms with van der Waals surface area (Å²) < 4.78 is 0. The number of hydrogen-bond donors (Lipinski definition) is 0. The summed E-state index contributed by atoms with van der Waals surface area (Å²) in [6, 6.07) is 78.6. The number of fused-ring (bicyclic) bond motifs is 9. The van der Waals surface area contributed by atoms with E-state index >= 15 is 0 Å². The van der Waals surface area contributed by atoms with Gasteiger partial charge in [-0.25, -0.2) is 0 Å². The molecule has 0 atom stereocenters. The summed E-state index contributed by atoms with van der Waals surface area (Å²) in [4.78, 5) is 7.77. The van der Waals surface area contributed by atoms with Gasteiger partial charge < -0.3 is 14.6 Å². The molecule has 366 valence electrons. The predicted octanol–water partition coefficient (Wildman–Crippen LogP) is 18.2. The first-order valence-electron chi connectivity index (χ1n) is 26.9. The smallest absolute Gasteiger partial charge is 0.333 e. The van der Waals surface area contributed by atoms with E-state index in [0.717, 1.165) is 17.1 Å². The summed E-state index contributed by atoms with van der Waals surface area (Å²) in [5.41, 5.74) is 27.3. The van der Waals surface area contributed by atoms with Gasteiger partial charge in [-0.3, -0.25) is 0 Å². The van der Waals surface area contributed by atoms with Gasteiger partial charge in [-0.05, 0) is 169 Å². The van der Waals surface area contributed by atoms with Crippen molar-refractivity contribution < 1.29 is 0 Å². The van der Waals surface area contributed by atoms with E-state index in [9.17, 15) is 0 Å². The molecular weight excluding hydrogens is 906 g/mol. The molecule has 3 aliphatic rings. The predicted molar refractivity (Wildman–Crippen MR) is 322 cm³/mol. The molecule has 0 N–H and O–H groups in total. The Kier molecular flexibility index (Phi) is 10.6. The molecule has 0 saturated heterocycles. The lowest BCUT2D eigenvalue weighted by molar-refractivity contribution is 0.590. The van der Waals surface area contributed by atoms with Crippen molar-refractivity contribution in [3.8, 4) is 33.4 Å². The standard InChI is InChI=1S/C71H64BN3/c1-45-40-60-59-36-24-48-20-14-15-21-56(48)68(59)75(55-34-37-58-57-22-16-17-23-61(57)71(9,10)62(58)43-55)72-63-38-35-54(73(52-30-26-50(27-31-52)69(3,4)5)53-32-28-51(29-33-53)70(6,7)8)44-65(63)74(66(41-45)67(60)72)64-39-25-49(42-46(64)2)47-18-12-11-13-19-47/h11-44H,1-10H3. The van der Waals surface area contributed by atoms with Crippen LogP contribution in [-0.4, -0.2) is 6.85 Å². The molecule has 0 aromatic heterocycles. The molecule has 0 fully saturated rings. The Morgan fingerprint density at radius 2 is 1.08 bits per heavy atom. The fraction of sp³-hybridized carbons (Fsp3) is 0.183. The average Bonchev–Trinajstić information content (AvgIpc) is 3.72. The van der Waals surface area contributed by atoms with Crippen LogP contribution in [0.25, 0.3) is 44.2 Å². The Balaban J connectivity index is 1.10. The van der Waals surface area contributed by atoms with E-state index in [1.54, 1.807) is 0 Å². The zero-order valence-electron chi connectivity index (χ0n) is 45.0. The fourth-order valence-corrected chi connectivity index (χ4v) is 12.7. The minimum atomic E-state index is -0.168. The molecule has 0 amide bonds. The molecular formula is C71H64BN3. The number of benzene rings is 10. The second kappa shape index (κ2) is 17.0. The molecule has 0 bridgehead atoms. The molecule has 3 nitrogen and oxygen atoms in total. The van der Waals surface area contributed by atoms with Crippen LogP contribution >= 0.6 is 0 Å². The zero-order valence-corrected chi connectivity index (χ0v) is 45.0. The zero-order chi connectivity index (χ0) is 51.7. The van der Waals surface area contributed by atoms with Crippen LogP contribution in [0.5, 0.6) is 0 Å². The van der Waals surface area contributed by atoms with Crippen molar-refractivity contribution in [3.63, 3.8) is 0 Å². The summed E-state index contributed by atoms with van der Waals surface area (Å²) in [6.07, 6.45) is 0. The molecule has 0 saturated carbocycles. The Bertz CT molecular complexity index is 3850. The van der Waals surface area contributed by atoms with Crippen LogP contribution in [0.1, 0.15) is 88.8 Å². The van der Waals surface area contributed by atoms with Crippen LogP contribution in [0.2, 0.25) is 0 Å². The highest BCUT2D eigenvalue weighted by molar-refractivity contribution is 6.94. The van der Waals surface area contributed by atoms with Crippen molar-refractivity contribution in [2.24, 2.45) is 0 Å². The number of rotatable bonds is 6. The van der Waals surface area contributed by atoms with Crippen molar-refractivity contribution >= 4 is 74.0 Å². The van der Waals surface area contributed by atoms with Crippen LogP contribution in [0, 0.1) is 13.8 Å². The van der Waals surface area contributed by atoms with Crippen LogP contribution in [0.3, 0.4) is 0 Å². The maximum absolute atomic E-state index is 2.72. The first-order chi connectivity index (χ1) is 36.0. The summed E-state index contributed by atoms with van der Waals surface area (Å²) >= 11 is 0. The molecule has 0 radical (unpaired) electrons. The van der Waals surface area contributed by atoms with E-state index < -0.39 is 0 Å². The van der Waals surface area contributed by atoms with Crippen LogP contribution in [0.4, 0.5) is 45.5 Å². The van der Waals surface area contributed by atoms with E-state index in [1.165, 1.54) is 117 Å². The molecule has 75 heavy (non-hydrogen) atoms. The molecule has 2 aliphatic heterocycles. The number of anilines is 8. The van der Waals surface area contributed by atoms with E-state index in [1.807, 2.05) is 0 Å². The van der Waals surface area contributed by atoms with Gasteiger partial charge in [-0.2, -0.15) is 0 Å². The van der Waals surface area contributed by atoms with Gasteiger partial charge in [0.15, 0.2) is 0 Å². The Morgan fingerprint density at radius 1 is 0.453 bits per heavy atom. The summed E-state index contributed by atoms with van der Waals surface area (Å²) in [7, 11) is 0. The van der Waals surface area contributed by atoms with Gasteiger partial charge in [0.25, 0.3) is 0 Å². The first-order valence-corrected chi connectivity index (χ1v) is 26.9. The first kappa shape index (κ1) is 46.7. The largest absolute Gasteiger partial charge is 0.376 e. The van der Waals surface area contributed by atoms with Crippen LogP contribution < -0.4 is 25.5 Å². The fourth-order valence-electron chi connectivity index (χ4n) is 12.7. The second-order valence-corrected chi connectivity index (χ2v) is 24.0. The number of aryl methyl sites for hydroxylation is 2. The Hall–Kier alpha value is -8.08. The minimum absolute atomic E-state index is 0.0245. The maximum Gasteiger partial charge on any atom is 0.333 e. The van der Waals surface area contributed by atoms with E-state index in [0.29, 0.717) is 0 Å². The molecule has 1 aliphatic carbocycles. The lowest BCUT2D eigenvalue weighted by Gasteiger charge is -2.47. The maximum atomic E-state index is 2.72. The van der Waals surface area contributed by atoms with Gasteiger partial charge >= 0.3 is 6.85 Å². The lowest BCUT2D eigenvalue weighted by atomic mass is 9.43. The van der Waals surface area contributed by atoms with Gasteiger partial charge in [-0.1, -0.05) is 195 Å². The molecule has 10 aromatic carbocycles. The molecule has 13 rings (SSSR count). The molecule has 0 unspecified atom stereocenters. The molecule has 10 aromatic rings. The van der Waals surface area contributed by atoms with Crippen molar-refractivity contribution in [1.82, 2.24) is 0 Å². The lowest BCUT2D eigenvalue weighted by Crippen LogP contribution is -2.61. The second-order valence-electron chi connectivity index (χ2n) is 24.0. The van der Waals surface area contributed by atoms with Gasteiger partial charge in [0.1, 0.15) is 0 Å². The highest BCUT2D eigenvalue weighted by Gasteiger charge is 2.47. The van der Waals surface area contributed by atoms with Crippen molar-refractivity contribution in [2.45, 2.75) is 85.5 Å². The van der Waals surface area contributed by atoms with Crippen LogP contribution in [-0.2, 0) is 16.2 Å². The summed E-state index contributed by atoms with van der Waals surface area (Å²) in [5, 5.41) is 2.49. The molecule has 4 heteroatoms. The summed E-state index contributed by atoms with van der Waals surface area (Å²) in [5.74, 6) is 0. The minimum Gasteiger partial charge on any atom is -0.376 e. The molecule has 0 spiro atoms. The van der Waals surface area contributed by atoms with Gasteiger partial charge in [-0.15, -0.1) is 0 Å². The van der Waals surface area contributed by atoms with E-state index in [-0.39, 0.29) is 23.1 Å². The third-order valence-electron chi connectivity index (χ3n) is 16.7. The summed E-state index contributed by atoms with van der Waals surface area (Å²) in [6.45, 7) is 23.0. The van der Waals surface area contributed by atoms with Gasteiger partial charge in [0.05, 0.1) is 0 Å². The number of nitrogens with zero attached hydrogens (tertiary/aromatic N) is 3. The number of hydrogen-bond acceptors (Lipinski definition) is 3. The third kappa shape index (κ3) is 7.47. The van der Waals surface area contributed by atoms with E-state index in [4.69, 9.17) is 0 Å². The molecule has 2 heterocycles. The SMILES string of the molecule is Cc1cc2c3c(c1)N(c1ccc(-c4ccccc4)cc1C)c1cc(N(c4ccc(C(C)(C)C)cc4)c4ccc(C(C)(C)C)cc4)ccc1B3N(c1ccc3c(c1)C(C)(C)c1ccccc1-3)c1c-2ccc2ccccc12. The van der Waals surface area contributed by atoms with Crippen molar-refractivity contribution in [3.05, 3.63) is 240 Å². The monoisotopic (exact) mass is 970 g/mol. The van der Waals surface area contributed by atoms with E-state index in [2.05, 4.69) is 290 Å². The highest BCUT2D eigenvalue weighted by Crippen LogP contribution is 2.54. The van der Waals surface area contributed by atoms with Crippen molar-refractivity contribution in [1.29, 1.82) is 0 Å². The van der Waals surface area contributed by atoms with Crippen LogP contribution in [0.15, 0.2) is 206 Å². The van der Waals surface area contributed by atoms with Crippen molar-refractivity contribution in [2.75, 3.05) is 14.6 Å².